The van der Waals surface area contributed by atoms with Gasteiger partial charge in [0.25, 0.3) is 0 Å². The van der Waals surface area contributed by atoms with Gasteiger partial charge in [0, 0.05) is 44.4 Å². The minimum Gasteiger partial charge on any atom is -0.380 e. The monoisotopic (exact) mass is 599 g/mol. The van der Waals surface area contributed by atoms with Crippen molar-refractivity contribution in [2.75, 3.05) is 31.1 Å². The van der Waals surface area contributed by atoms with Crippen LogP contribution in [0.3, 0.4) is 0 Å². The third-order valence-electron chi connectivity index (χ3n) is 7.27. The normalized spacial score (nSPS) is 14.9. The molecule has 1 saturated heterocycles. The molecule has 0 aliphatic carbocycles. The van der Waals surface area contributed by atoms with Crippen molar-refractivity contribution < 1.29 is 22.8 Å². The fourth-order valence-corrected chi connectivity index (χ4v) is 6.30. The fourth-order valence-electron chi connectivity index (χ4n) is 5.07. The molecule has 0 spiro atoms. The fraction of sp³-hybridized carbons (Fsp3) is 0.219. The number of benzene rings is 4. The molecule has 0 unspecified atom stereocenters. The SMILES string of the molecule is CC(=O)ON=C(N)c1cccc(C[C@H](NS(=O)(=O)c2ccc3ccccc3c2)C(=O)N2CCN(c3ccccc3)CC2)c1. The molecule has 4 aromatic rings. The summed E-state index contributed by atoms with van der Waals surface area (Å²) in [5, 5.41) is 5.32. The Morgan fingerprint density at radius 2 is 1.58 bits per heavy atom. The van der Waals surface area contributed by atoms with Crippen molar-refractivity contribution in [2.45, 2.75) is 24.3 Å². The third-order valence-corrected chi connectivity index (χ3v) is 8.74. The Kier molecular flexibility index (Phi) is 9.03. The molecule has 0 saturated carbocycles. The van der Waals surface area contributed by atoms with E-state index in [0.29, 0.717) is 37.3 Å². The van der Waals surface area contributed by atoms with Gasteiger partial charge in [0.1, 0.15) is 6.04 Å². The van der Waals surface area contributed by atoms with Crippen LogP contribution in [0.5, 0.6) is 0 Å². The van der Waals surface area contributed by atoms with Crippen LogP contribution in [-0.2, 0) is 30.9 Å². The number of amidine groups is 1. The molecule has 222 valence electrons. The van der Waals surface area contributed by atoms with E-state index in [9.17, 15) is 18.0 Å². The molecule has 1 aliphatic rings. The number of fused-ring (bicyclic) bond motifs is 1. The second-order valence-corrected chi connectivity index (χ2v) is 12.0. The lowest BCUT2D eigenvalue weighted by molar-refractivity contribution is -0.141. The van der Waals surface area contributed by atoms with Gasteiger partial charge in [0.15, 0.2) is 5.84 Å². The number of oxime groups is 1. The second-order valence-electron chi connectivity index (χ2n) is 10.3. The molecule has 1 heterocycles. The Morgan fingerprint density at radius 1 is 0.884 bits per heavy atom. The third kappa shape index (κ3) is 7.37. The summed E-state index contributed by atoms with van der Waals surface area (Å²) < 4.78 is 30.0. The van der Waals surface area contributed by atoms with Crippen LogP contribution in [-0.4, -0.2) is 63.3 Å². The van der Waals surface area contributed by atoms with Crippen molar-refractivity contribution in [3.05, 3.63) is 108 Å². The number of hydrogen-bond acceptors (Lipinski definition) is 7. The molecule has 5 rings (SSSR count). The van der Waals surface area contributed by atoms with E-state index in [2.05, 4.69) is 19.6 Å². The number of para-hydroxylation sites is 1. The topological polar surface area (TPSA) is 134 Å². The first kappa shape index (κ1) is 29.7. The number of hydrogen-bond donors (Lipinski definition) is 2. The van der Waals surface area contributed by atoms with E-state index < -0.39 is 22.0 Å². The highest BCUT2D eigenvalue weighted by Crippen LogP contribution is 2.21. The standard InChI is InChI=1S/C32H33N5O5S/c1-23(38)42-34-31(33)27-11-7-8-24(20-27)21-30(32(39)37-18-16-36(17-19-37)28-12-3-2-4-13-28)35-43(40,41)29-15-14-25-9-5-6-10-26(25)22-29/h2-15,20,22,30,35H,16-19,21H2,1H3,(H2,33,34)/t30-/m0/s1. The van der Waals surface area contributed by atoms with Gasteiger partial charge in [0.05, 0.1) is 4.90 Å². The van der Waals surface area contributed by atoms with Gasteiger partial charge < -0.3 is 20.4 Å². The number of nitrogens with one attached hydrogen (secondary N) is 1. The molecular weight excluding hydrogens is 566 g/mol. The van der Waals surface area contributed by atoms with E-state index in [1.165, 1.54) is 13.0 Å². The van der Waals surface area contributed by atoms with Gasteiger partial charge in [-0.15, -0.1) is 0 Å². The smallest absolute Gasteiger partial charge is 0.332 e. The molecule has 43 heavy (non-hydrogen) atoms. The van der Waals surface area contributed by atoms with Gasteiger partial charge in [-0.05, 0) is 53.1 Å². The summed E-state index contributed by atoms with van der Waals surface area (Å²) in [5.74, 6) is -0.946. The highest BCUT2D eigenvalue weighted by Gasteiger charge is 2.31. The predicted octanol–water partition coefficient (Wildman–Crippen LogP) is 3.26. The van der Waals surface area contributed by atoms with E-state index in [-0.39, 0.29) is 23.1 Å². The predicted molar refractivity (Wildman–Crippen MR) is 166 cm³/mol. The highest BCUT2D eigenvalue weighted by molar-refractivity contribution is 7.89. The van der Waals surface area contributed by atoms with Crippen LogP contribution in [0.15, 0.2) is 107 Å². The highest BCUT2D eigenvalue weighted by atomic mass is 32.2. The zero-order valence-electron chi connectivity index (χ0n) is 23.7. The lowest BCUT2D eigenvalue weighted by Gasteiger charge is -2.37. The first-order valence-corrected chi connectivity index (χ1v) is 15.4. The van der Waals surface area contributed by atoms with Gasteiger partial charge in [-0.2, -0.15) is 4.72 Å². The number of anilines is 1. The zero-order chi connectivity index (χ0) is 30.4. The number of carbonyl (C=O) groups is 2. The number of sulfonamides is 1. The summed E-state index contributed by atoms with van der Waals surface area (Å²) in [6, 6.07) is 28.1. The maximum Gasteiger partial charge on any atom is 0.332 e. The van der Waals surface area contributed by atoms with Crippen molar-refractivity contribution in [2.24, 2.45) is 10.9 Å². The Bertz CT molecular complexity index is 1750. The molecule has 11 heteroatoms. The molecule has 4 aromatic carbocycles. The molecule has 10 nitrogen and oxygen atoms in total. The lowest BCUT2D eigenvalue weighted by atomic mass is 10.0. The molecule has 1 atom stereocenters. The molecule has 1 fully saturated rings. The Labute approximate surface area is 250 Å². The molecule has 1 amide bonds. The van der Waals surface area contributed by atoms with E-state index in [1.807, 2.05) is 54.6 Å². The summed E-state index contributed by atoms with van der Waals surface area (Å²) in [4.78, 5) is 33.7. The summed E-state index contributed by atoms with van der Waals surface area (Å²) in [6.45, 7) is 3.36. The van der Waals surface area contributed by atoms with Gasteiger partial charge in [-0.25, -0.2) is 13.2 Å². The number of nitrogens with two attached hydrogens (primary N) is 1. The number of rotatable bonds is 9. The van der Waals surface area contributed by atoms with Gasteiger partial charge >= 0.3 is 5.97 Å². The van der Waals surface area contributed by atoms with Crippen LogP contribution in [0.25, 0.3) is 10.8 Å². The summed E-state index contributed by atoms with van der Waals surface area (Å²) in [7, 11) is -4.07. The number of carbonyl (C=O) groups excluding carboxylic acids is 2. The molecule has 0 aromatic heterocycles. The average Bonchev–Trinajstić information content (AvgIpc) is 3.03. The van der Waals surface area contributed by atoms with Gasteiger partial charge in [-0.1, -0.05) is 71.9 Å². The van der Waals surface area contributed by atoms with E-state index >= 15 is 0 Å². The number of amides is 1. The van der Waals surface area contributed by atoms with E-state index in [4.69, 9.17) is 5.73 Å². The molecule has 0 radical (unpaired) electrons. The quantitative estimate of drug-likeness (QED) is 0.131. The Balaban J connectivity index is 1.40. The maximum atomic E-state index is 13.9. The van der Waals surface area contributed by atoms with Crippen molar-refractivity contribution >= 4 is 44.2 Å². The summed E-state index contributed by atoms with van der Waals surface area (Å²) >= 11 is 0. The van der Waals surface area contributed by atoms with Crippen LogP contribution in [0.2, 0.25) is 0 Å². The first-order valence-electron chi connectivity index (χ1n) is 13.9. The Morgan fingerprint density at radius 3 is 2.30 bits per heavy atom. The van der Waals surface area contributed by atoms with Gasteiger partial charge in [0.2, 0.25) is 15.9 Å². The van der Waals surface area contributed by atoms with E-state index in [1.54, 1.807) is 41.3 Å². The summed E-state index contributed by atoms with van der Waals surface area (Å²) in [6.07, 6.45) is 0.0687. The minimum absolute atomic E-state index is 0.0197. The molecule has 1 aliphatic heterocycles. The van der Waals surface area contributed by atoms with Crippen LogP contribution >= 0.6 is 0 Å². The maximum absolute atomic E-state index is 13.9. The van der Waals surface area contributed by atoms with Crippen molar-refractivity contribution in [3.8, 4) is 0 Å². The largest absolute Gasteiger partial charge is 0.380 e. The first-order chi connectivity index (χ1) is 20.7. The van der Waals surface area contributed by atoms with Gasteiger partial charge in [-0.3, -0.25) is 4.79 Å². The van der Waals surface area contributed by atoms with Crippen LogP contribution in [0.1, 0.15) is 18.1 Å². The van der Waals surface area contributed by atoms with Crippen LogP contribution in [0.4, 0.5) is 5.69 Å². The molecule has 3 N–H and O–H groups in total. The second kappa shape index (κ2) is 13.1. The molecule has 0 bridgehead atoms. The van der Waals surface area contributed by atoms with Crippen molar-refractivity contribution in [1.29, 1.82) is 0 Å². The van der Waals surface area contributed by atoms with Crippen molar-refractivity contribution in [3.63, 3.8) is 0 Å². The lowest BCUT2D eigenvalue weighted by Crippen LogP contribution is -2.55. The number of piperazine rings is 1. The average molecular weight is 600 g/mol. The van der Waals surface area contributed by atoms with Crippen LogP contribution < -0.4 is 15.4 Å². The molecular formula is C32H33N5O5S. The van der Waals surface area contributed by atoms with Crippen LogP contribution in [0, 0.1) is 0 Å². The Hall–Kier alpha value is -4.74. The zero-order valence-corrected chi connectivity index (χ0v) is 24.5. The van der Waals surface area contributed by atoms with Crippen molar-refractivity contribution in [1.82, 2.24) is 9.62 Å². The van der Waals surface area contributed by atoms with E-state index in [0.717, 1.165) is 16.5 Å². The summed E-state index contributed by atoms with van der Waals surface area (Å²) in [5.41, 5.74) is 8.19. The number of nitrogens with zero attached hydrogens (tertiary/aromatic N) is 3. The minimum atomic E-state index is -4.07.